The maximum atomic E-state index is 12.5. The molecule has 0 bridgehead atoms. The second-order valence-electron chi connectivity index (χ2n) is 5.67. The van der Waals surface area contributed by atoms with Crippen molar-refractivity contribution in [3.05, 3.63) is 53.1 Å². The Kier molecular flexibility index (Phi) is 4.78. The molecule has 0 fully saturated rings. The predicted molar refractivity (Wildman–Crippen MR) is 95.3 cm³/mol. The Morgan fingerprint density at radius 2 is 1.84 bits per heavy atom. The maximum Gasteiger partial charge on any atom is 0.244 e. The molecule has 1 aliphatic heterocycles. The van der Waals surface area contributed by atoms with Crippen LogP contribution in [0.5, 0.6) is 0 Å². The fourth-order valence-electron chi connectivity index (χ4n) is 2.64. The van der Waals surface area contributed by atoms with Crippen LogP contribution in [-0.2, 0) is 26.5 Å². The first-order chi connectivity index (χ1) is 11.7. The van der Waals surface area contributed by atoms with Crippen molar-refractivity contribution < 1.29 is 16.8 Å². The molecule has 2 aromatic carbocycles. The third-order valence-corrected chi connectivity index (χ3v) is 6.71. The summed E-state index contributed by atoms with van der Waals surface area (Å²) in [6, 6.07) is 11.9. The molecule has 1 unspecified atom stereocenters. The summed E-state index contributed by atoms with van der Waals surface area (Å²) in [5, 5.41) is 7.97. The molecule has 0 spiro atoms. The Bertz CT molecular complexity index is 1010. The summed E-state index contributed by atoms with van der Waals surface area (Å²) in [7, 11) is -8.02. The van der Waals surface area contributed by atoms with Gasteiger partial charge in [0, 0.05) is 0 Å². The van der Waals surface area contributed by atoms with E-state index in [-0.39, 0.29) is 15.6 Å². The fourth-order valence-corrected chi connectivity index (χ4v) is 5.18. The van der Waals surface area contributed by atoms with Crippen molar-refractivity contribution in [3.63, 3.8) is 0 Å². The lowest BCUT2D eigenvalue weighted by atomic mass is 10.1. The molecule has 2 aromatic rings. The predicted octanol–water partition coefficient (Wildman–Crippen LogP) is 1.65. The van der Waals surface area contributed by atoms with Gasteiger partial charge < -0.3 is 5.32 Å². The summed E-state index contributed by atoms with van der Waals surface area (Å²) >= 11 is 5.95. The van der Waals surface area contributed by atoms with E-state index in [0.717, 1.165) is 11.6 Å². The molecule has 0 radical (unpaired) electrons. The summed E-state index contributed by atoms with van der Waals surface area (Å²) in [5.41, 5.74) is 1.33. The Morgan fingerprint density at radius 3 is 2.48 bits per heavy atom. The van der Waals surface area contributed by atoms with E-state index in [9.17, 15) is 16.8 Å². The molecule has 0 saturated heterocycles. The van der Waals surface area contributed by atoms with E-state index in [2.05, 4.69) is 10.0 Å². The van der Waals surface area contributed by atoms with Gasteiger partial charge in [0.05, 0.1) is 16.9 Å². The van der Waals surface area contributed by atoms with E-state index in [0.29, 0.717) is 12.8 Å². The van der Waals surface area contributed by atoms with E-state index in [1.54, 1.807) is 0 Å². The highest BCUT2D eigenvalue weighted by atomic mass is 35.5. The first-order valence-corrected chi connectivity index (χ1v) is 10.8. The normalized spacial score (nSPS) is 19.0. The molecule has 3 rings (SSSR count). The van der Waals surface area contributed by atoms with Crippen LogP contribution in [-0.4, -0.2) is 23.0 Å². The first kappa shape index (κ1) is 18.2. The number of fused-ring (bicyclic) bond motifs is 1. The number of hydrogen-bond acceptors (Lipinski definition) is 5. The second-order valence-corrected chi connectivity index (χ2v) is 9.29. The molecule has 4 N–H and O–H groups in total. The molecule has 0 aliphatic carbocycles. The summed E-state index contributed by atoms with van der Waals surface area (Å²) in [5.74, 6) is 0. The average molecular weight is 402 g/mol. The van der Waals surface area contributed by atoms with Crippen LogP contribution in [0.25, 0.3) is 0 Å². The average Bonchev–Trinajstić information content (AvgIpc) is 2.51. The van der Waals surface area contributed by atoms with Crippen molar-refractivity contribution in [1.29, 1.82) is 0 Å². The number of anilines is 1. The van der Waals surface area contributed by atoms with Gasteiger partial charge in [-0.2, -0.15) is 4.72 Å². The highest BCUT2D eigenvalue weighted by Gasteiger charge is 2.31. The van der Waals surface area contributed by atoms with Crippen molar-refractivity contribution in [2.75, 3.05) is 5.32 Å². The van der Waals surface area contributed by atoms with E-state index in [1.807, 2.05) is 30.3 Å². The summed E-state index contributed by atoms with van der Waals surface area (Å²) in [4.78, 5) is -0.625. The summed E-state index contributed by atoms with van der Waals surface area (Å²) in [6.07, 6.45) is 0.644. The standard InChI is InChI=1S/C15H16ClN3O4S2/c16-11-8-12-14(9-13(11)24(17,20)21)25(22,23)19-15(18-12)7-6-10-4-2-1-3-5-10/h1-5,8-9,15,18-19H,6-7H2,(H2,17,20,21). The van der Waals surface area contributed by atoms with Gasteiger partial charge in [0.1, 0.15) is 9.79 Å². The number of nitrogens with one attached hydrogen (secondary N) is 2. The van der Waals surface area contributed by atoms with Crippen LogP contribution in [0.2, 0.25) is 5.02 Å². The van der Waals surface area contributed by atoms with Gasteiger partial charge in [-0.3, -0.25) is 0 Å². The first-order valence-electron chi connectivity index (χ1n) is 7.36. The zero-order valence-corrected chi connectivity index (χ0v) is 15.3. The van der Waals surface area contributed by atoms with E-state index in [1.165, 1.54) is 6.07 Å². The molecule has 0 aromatic heterocycles. The Morgan fingerprint density at radius 1 is 1.16 bits per heavy atom. The summed E-state index contributed by atoms with van der Waals surface area (Å²) in [6.45, 7) is 0. The van der Waals surface area contributed by atoms with Crippen molar-refractivity contribution >= 4 is 37.3 Å². The lowest BCUT2D eigenvalue weighted by molar-refractivity contribution is 0.542. The Labute approximate surface area is 151 Å². The molecule has 10 heteroatoms. The number of benzene rings is 2. The monoisotopic (exact) mass is 401 g/mol. The van der Waals surface area contributed by atoms with Gasteiger partial charge in [0.15, 0.2) is 0 Å². The van der Waals surface area contributed by atoms with Crippen LogP contribution in [0.4, 0.5) is 5.69 Å². The minimum atomic E-state index is -4.13. The molecule has 1 atom stereocenters. The van der Waals surface area contributed by atoms with E-state index < -0.39 is 31.1 Å². The number of aryl methyl sites for hydroxylation is 1. The van der Waals surface area contributed by atoms with Gasteiger partial charge in [-0.15, -0.1) is 0 Å². The fraction of sp³-hybridized carbons (Fsp3) is 0.200. The second kappa shape index (κ2) is 6.58. The third-order valence-electron chi connectivity index (χ3n) is 3.82. The molecule has 0 amide bonds. The van der Waals surface area contributed by atoms with Crippen molar-refractivity contribution in [2.45, 2.75) is 28.8 Å². The van der Waals surface area contributed by atoms with Crippen LogP contribution in [0.15, 0.2) is 52.3 Å². The summed E-state index contributed by atoms with van der Waals surface area (Å²) < 4.78 is 50.5. The van der Waals surface area contributed by atoms with E-state index >= 15 is 0 Å². The molecule has 1 heterocycles. The van der Waals surface area contributed by atoms with Gasteiger partial charge in [0.25, 0.3) is 0 Å². The topological polar surface area (TPSA) is 118 Å². The van der Waals surface area contributed by atoms with Crippen molar-refractivity contribution in [2.24, 2.45) is 5.14 Å². The van der Waals surface area contributed by atoms with E-state index in [4.69, 9.17) is 16.7 Å². The largest absolute Gasteiger partial charge is 0.368 e. The number of hydrogen-bond donors (Lipinski definition) is 3. The smallest absolute Gasteiger partial charge is 0.244 e. The number of primary sulfonamides is 1. The van der Waals surface area contributed by atoms with Gasteiger partial charge in [-0.25, -0.2) is 22.0 Å². The van der Waals surface area contributed by atoms with Gasteiger partial charge in [-0.1, -0.05) is 41.9 Å². The minimum absolute atomic E-state index is 0.132. The molecule has 25 heavy (non-hydrogen) atoms. The quantitative estimate of drug-likeness (QED) is 0.719. The lowest BCUT2D eigenvalue weighted by Crippen LogP contribution is -2.45. The van der Waals surface area contributed by atoms with Gasteiger partial charge in [0.2, 0.25) is 20.0 Å². The zero-order valence-electron chi connectivity index (χ0n) is 12.9. The Balaban J connectivity index is 1.89. The molecule has 7 nitrogen and oxygen atoms in total. The highest BCUT2D eigenvalue weighted by molar-refractivity contribution is 7.90. The van der Waals surface area contributed by atoms with Crippen LogP contribution in [0.3, 0.4) is 0 Å². The molecule has 0 saturated carbocycles. The maximum absolute atomic E-state index is 12.5. The van der Waals surface area contributed by atoms with Gasteiger partial charge in [-0.05, 0) is 30.5 Å². The lowest BCUT2D eigenvalue weighted by Gasteiger charge is -2.28. The van der Waals surface area contributed by atoms with Crippen LogP contribution in [0, 0.1) is 0 Å². The number of nitrogens with two attached hydrogens (primary N) is 1. The third kappa shape index (κ3) is 3.96. The Hall–Kier alpha value is -1.65. The molecule has 1 aliphatic rings. The number of sulfonamides is 2. The molecule has 134 valence electrons. The van der Waals surface area contributed by atoms with Crippen LogP contribution < -0.4 is 15.2 Å². The van der Waals surface area contributed by atoms with Crippen LogP contribution >= 0.6 is 11.6 Å². The van der Waals surface area contributed by atoms with Crippen LogP contribution in [0.1, 0.15) is 12.0 Å². The molecular formula is C15H16ClN3O4S2. The van der Waals surface area contributed by atoms with Gasteiger partial charge >= 0.3 is 0 Å². The minimum Gasteiger partial charge on any atom is -0.368 e. The SMILES string of the molecule is NS(=O)(=O)c1cc2c(cc1Cl)NC(CCc1ccccc1)NS2(=O)=O. The van der Waals surface area contributed by atoms with Crippen molar-refractivity contribution in [1.82, 2.24) is 4.72 Å². The zero-order chi connectivity index (χ0) is 18.2. The molecular weight excluding hydrogens is 386 g/mol. The number of halogens is 1. The highest BCUT2D eigenvalue weighted by Crippen LogP contribution is 2.34. The van der Waals surface area contributed by atoms with Crippen molar-refractivity contribution in [3.8, 4) is 0 Å². The number of rotatable bonds is 4.